The third-order valence-corrected chi connectivity index (χ3v) is 13.7. The Kier molecular flexibility index (Phi) is 9.88. The second-order valence-electron chi connectivity index (χ2n) is 18.2. The average molecular weight is 896 g/mol. The molecule has 0 saturated heterocycles. The van der Waals surface area contributed by atoms with Gasteiger partial charge in [-0.25, -0.2) is 15.0 Å². The number of hydrogen-bond donors (Lipinski definition) is 0. The second-order valence-corrected chi connectivity index (χ2v) is 18.2. The molecule has 3 aromatic heterocycles. The minimum absolute atomic E-state index is 0.583. The van der Waals surface area contributed by atoms with Gasteiger partial charge in [-0.05, 0) is 84.1 Å². The monoisotopic (exact) mass is 895 g/mol. The molecule has 0 atom stereocenters. The molecule has 0 amide bonds. The Labute approximate surface area is 406 Å². The van der Waals surface area contributed by atoms with E-state index in [4.69, 9.17) is 15.0 Å². The van der Waals surface area contributed by atoms with Gasteiger partial charge in [-0.3, -0.25) is 0 Å². The standard InChI is InChI=1S/C65H45N5/c1-42-17-14-23-46(37-42)48-31-34-54-55-35-32-49(47-24-15-18-43(2)38-47)41-61(55)70(60(54)40-48)59-36-33-50(52-28-16-29-56-53-27-12-13-30-58(53)69(62(52)56)51-25-10-5-11-26-51)39-57(59)65-67-63(44-19-6-3-7-20-44)66-64(68-65)45-21-8-4-9-22-45/h3-41H,1-2H3. The summed E-state index contributed by atoms with van der Waals surface area (Å²) < 4.78 is 4.85. The van der Waals surface area contributed by atoms with E-state index in [0.29, 0.717) is 17.5 Å². The van der Waals surface area contributed by atoms with Gasteiger partial charge >= 0.3 is 0 Å². The first-order valence-corrected chi connectivity index (χ1v) is 23.8. The normalized spacial score (nSPS) is 11.6. The molecule has 0 spiro atoms. The van der Waals surface area contributed by atoms with E-state index < -0.39 is 0 Å². The van der Waals surface area contributed by atoms with Crippen LogP contribution < -0.4 is 0 Å². The van der Waals surface area contributed by atoms with Gasteiger partial charge in [-0.2, -0.15) is 0 Å². The topological polar surface area (TPSA) is 48.5 Å². The van der Waals surface area contributed by atoms with Crippen molar-refractivity contribution in [2.45, 2.75) is 13.8 Å². The van der Waals surface area contributed by atoms with E-state index in [1.165, 1.54) is 43.8 Å². The van der Waals surface area contributed by atoms with Gasteiger partial charge in [0, 0.05) is 49.5 Å². The zero-order valence-corrected chi connectivity index (χ0v) is 38.8. The molecule has 10 aromatic carbocycles. The highest BCUT2D eigenvalue weighted by molar-refractivity contribution is 6.15. The molecule has 0 bridgehead atoms. The van der Waals surface area contributed by atoms with Crippen molar-refractivity contribution in [3.63, 3.8) is 0 Å². The number of para-hydroxylation sites is 3. The van der Waals surface area contributed by atoms with Crippen molar-refractivity contribution in [1.29, 1.82) is 0 Å². The Morgan fingerprint density at radius 2 is 0.757 bits per heavy atom. The fraction of sp³-hybridized carbons (Fsp3) is 0.0308. The Balaban J connectivity index is 1.15. The quantitative estimate of drug-likeness (QED) is 0.153. The van der Waals surface area contributed by atoms with E-state index in [-0.39, 0.29) is 0 Å². The summed E-state index contributed by atoms with van der Waals surface area (Å²) in [4.78, 5) is 16.0. The molecule has 13 rings (SSSR count). The van der Waals surface area contributed by atoms with Crippen LogP contribution in [0.1, 0.15) is 11.1 Å². The third-order valence-electron chi connectivity index (χ3n) is 13.7. The molecule has 3 heterocycles. The molecule has 0 aliphatic rings. The third kappa shape index (κ3) is 7.06. The van der Waals surface area contributed by atoms with Gasteiger partial charge in [0.2, 0.25) is 0 Å². The lowest BCUT2D eigenvalue weighted by molar-refractivity contribution is 1.06. The van der Waals surface area contributed by atoms with Gasteiger partial charge in [0.15, 0.2) is 17.5 Å². The van der Waals surface area contributed by atoms with Crippen LogP contribution in [0.15, 0.2) is 237 Å². The number of nitrogens with zero attached hydrogens (tertiary/aromatic N) is 5. The van der Waals surface area contributed by atoms with E-state index in [1.54, 1.807) is 0 Å². The molecule has 13 aromatic rings. The summed E-state index contributed by atoms with van der Waals surface area (Å²) >= 11 is 0. The average Bonchev–Trinajstić information content (AvgIpc) is 3.93. The molecule has 0 N–H and O–H groups in total. The van der Waals surface area contributed by atoms with Crippen LogP contribution in [-0.2, 0) is 0 Å². The highest BCUT2D eigenvalue weighted by Gasteiger charge is 2.23. The molecule has 5 nitrogen and oxygen atoms in total. The Morgan fingerprint density at radius 1 is 0.286 bits per heavy atom. The van der Waals surface area contributed by atoms with Gasteiger partial charge in [-0.1, -0.05) is 205 Å². The van der Waals surface area contributed by atoms with Gasteiger partial charge in [0.05, 0.1) is 27.8 Å². The molecular weight excluding hydrogens is 851 g/mol. The number of hydrogen-bond acceptors (Lipinski definition) is 3. The van der Waals surface area contributed by atoms with Gasteiger partial charge in [0.1, 0.15) is 0 Å². The van der Waals surface area contributed by atoms with E-state index in [0.717, 1.165) is 72.4 Å². The maximum absolute atomic E-state index is 5.44. The Hall–Kier alpha value is -9.19. The SMILES string of the molecule is Cc1cccc(-c2ccc3c4ccc(-c5cccc(C)c5)cc4n(-c4ccc(-c5cccc6c7ccccc7n(-c7ccccc7)c56)cc4-c4nc(-c5ccccc5)nc(-c5ccccc5)n4)c3c2)c1. The van der Waals surface area contributed by atoms with Crippen molar-refractivity contribution in [1.82, 2.24) is 24.1 Å². The van der Waals surface area contributed by atoms with Gasteiger partial charge < -0.3 is 9.13 Å². The summed E-state index contributed by atoms with van der Waals surface area (Å²) in [6, 6.07) is 84.8. The maximum Gasteiger partial charge on any atom is 0.166 e. The summed E-state index contributed by atoms with van der Waals surface area (Å²) in [5, 5.41) is 4.73. The highest BCUT2D eigenvalue weighted by Crippen LogP contribution is 2.43. The smallest absolute Gasteiger partial charge is 0.166 e. The van der Waals surface area contributed by atoms with Crippen molar-refractivity contribution in [3.8, 4) is 78.9 Å². The zero-order chi connectivity index (χ0) is 46.7. The molecule has 0 fully saturated rings. The van der Waals surface area contributed by atoms with E-state index in [2.05, 4.69) is 223 Å². The molecule has 0 saturated carbocycles. The lowest BCUT2D eigenvalue weighted by Gasteiger charge is -2.18. The molecule has 0 radical (unpaired) electrons. The van der Waals surface area contributed by atoms with Crippen LogP contribution >= 0.6 is 0 Å². The largest absolute Gasteiger partial charge is 0.309 e. The predicted molar refractivity (Wildman–Crippen MR) is 291 cm³/mol. The number of fused-ring (bicyclic) bond motifs is 6. The molecule has 0 unspecified atom stereocenters. The first kappa shape index (κ1) is 41.0. The molecule has 330 valence electrons. The lowest BCUT2D eigenvalue weighted by atomic mass is 9.98. The fourth-order valence-corrected chi connectivity index (χ4v) is 10.4. The fourth-order valence-electron chi connectivity index (χ4n) is 10.4. The van der Waals surface area contributed by atoms with Gasteiger partial charge in [0.25, 0.3) is 0 Å². The van der Waals surface area contributed by atoms with E-state index in [9.17, 15) is 0 Å². The van der Waals surface area contributed by atoms with Gasteiger partial charge in [-0.15, -0.1) is 0 Å². The van der Waals surface area contributed by atoms with Crippen LogP contribution in [0.4, 0.5) is 0 Å². The minimum atomic E-state index is 0.583. The molecule has 70 heavy (non-hydrogen) atoms. The minimum Gasteiger partial charge on any atom is -0.309 e. The van der Waals surface area contributed by atoms with Crippen LogP contribution in [-0.4, -0.2) is 24.1 Å². The van der Waals surface area contributed by atoms with E-state index in [1.807, 2.05) is 36.4 Å². The first-order chi connectivity index (χ1) is 34.5. The van der Waals surface area contributed by atoms with Crippen molar-refractivity contribution < 1.29 is 0 Å². The number of rotatable bonds is 8. The highest BCUT2D eigenvalue weighted by atomic mass is 15.1. The van der Waals surface area contributed by atoms with E-state index >= 15 is 0 Å². The number of benzene rings is 10. The summed E-state index contributed by atoms with van der Waals surface area (Å²) in [6.45, 7) is 4.31. The van der Waals surface area contributed by atoms with Crippen LogP contribution in [0, 0.1) is 13.8 Å². The maximum atomic E-state index is 5.44. The van der Waals surface area contributed by atoms with Crippen molar-refractivity contribution >= 4 is 43.6 Å². The van der Waals surface area contributed by atoms with Crippen molar-refractivity contribution in [2.75, 3.05) is 0 Å². The first-order valence-electron chi connectivity index (χ1n) is 23.8. The number of aromatic nitrogens is 5. The molecule has 0 aliphatic carbocycles. The lowest BCUT2D eigenvalue weighted by Crippen LogP contribution is -2.04. The molecule has 0 aliphatic heterocycles. The van der Waals surface area contributed by atoms with Crippen molar-refractivity contribution in [2.24, 2.45) is 0 Å². The Morgan fingerprint density at radius 3 is 1.36 bits per heavy atom. The summed E-state index contributed by atoms with van der Waals surface area (Å²) in [5.74, 6) is 1.80. The summed E-state index contributed by atoms with van der Waals surface area (Å²) in [6.07, 6.45) is 0. The van der Waals surface area contributed by atoms with Crippen LogP contribution in [0.2, 0.25) is 0 Å². The van der Waals surface area contributed by atoms with Crippen LogP contribution in [0.3, 0.4) is 0 Å². The zero-order valence-electron chi connectivity index (χ0n) is 38.8. The number of aryl methyl sites for hydroxylation is 2. The van der Waals surface area contributed by atoms with Crippen LogP contribution in [0.5, 0.6) is 0 Å². The predicted octanol–water partition coefficient (Wildman–Crippen LogP) is 16.7. The summed E-state index contributed by atoms with van der Waals surface area (Å²) in [7, 11) is 0. The second kappa shape index (κ2) is 16.8. The summed E-state index contributed by atoms with van der Waals surface area (Å²) in [5.41, 5.74) is 18.5. The molecular formula is C65H45N5. The molecule has 5 heteroatoms. The Bertz CT molecular complexity index is 3970. The van der Waals surface area contributed by atoms with Crippen LogP contribution in [0.25, 0.3) is 123 Å². The van der Waals surface area contributed by atoms with Crippen molar-refractivity contribution in [3.05, 3.63) is 248 Å².